The summed E-state index contributed by atoms with van der Waals surface area (Å²) in [4.78, 5) is 17.8. The molecule has 1 aliphatic heterocycles. The van der Waals surface area contributed by atoms with Gasteiger partial charge in [0.25, 0.3) is 5.91 Å². The monoisotopic (exact) mass is 457 g/mol. The van der Waals surface area contributed by atoms with Crippen molar-refractivity contribution in [3.63, 3.8) is 0 Å². The van der Waals surface area contributed by atoms with Gasteiger partial charge in [-0.25, -0.2) is 8.42 Å². The summed E-state index contributed by atoms with van der Waals surface area (Å²) in [7, 11) is -1.68. The van der Waals surface area contributed by atoms with Gasteiger partial charge in [0.05, 0.1) is 15.1 Å². The van der Waals surface area contributed by atoms with Gasteiger partial charge in [-0.15, -0.1) is 0 Å². The largest absolute Gasteiger partial charge is 0.319 e. The third-order valence-electron chi connectivity index (χ3n) is 5.74. The smallest absolute Gasteiger partial charge is 0.279 e. The first-order chi connectivity index (χ1) is 14.6. The van der Waals surface area contributed by atoms with Crippen molar-refractivity contribution in [1.29, 1.82) is 0 Å². The fourth-order valence-electron chi connectivity index (χ4n) is 4.22. The van der Waals surface area contributed by atoms with E-state index in [4.69, 9.17) is 0 Å². The van der Waals surface area contributed by atoms with Crippen molar-refractivity contribution in [2.24, 2.45) is 23.9 Å². The zero-order valence-electron chi connectivity index (χ0n) is 18.2. The molecule has 0 unspecified atom stereocenters. The summed E-state index contributed by atoms with van der Waals surface area (Å²) in [5.41, 5.74) is 2.54. The fourth-order valence-corrected chi connectivity index (χ4v) is 7.01. The number of rotatable bonds is 3. The molecule has 0 N–H and O–H groups in total. The highest BCUT2D eigenvalue weighted by Gasteiger charge is 2.31. The lowest BCUT2D eigenvalue weighted by atomic mass is 9.94. The van der Waals surface area contributed by atoms with Crippen LogP contribution in [0.2, 0.25) is 0 Å². The number of aromatic nitrogens is 1. The van der Waals surface area contributed by atoms with Gasteiger partial charge in [-0.2, -0.15) is 9.30 Å². The number of carbonyl (C=O) groups excluding carboxylic acids is 1. The van der Waals surface area contributed by atoms with Crippen LogP contribution in [0.4, 0.5) is 0 Å². The van der Waals surface area contributed by atoms with Gasteiger partial charge < -0.3 is 4.57 Å². The number of aryl methyl sites for hydroxylation is 2. The lowest BCUT2D eigenvalue weighted by molar-refractivity contribution is 0.0998. The molecule has 0 aliphatic carbocycles. The quantitative estimate of drug-likeness (QED) is 0.598. The standard InChI is InChI=1S/C23H27N3O3S2/c1-15-5-10-20-21(12-15)30-23(25(20)4)24-22(27)18-6-8-19(9-7-18)31(28,29)26-13-16(2)11-17(3)14-26/h5-10,12,16-17H,11,13-14H2,1-4H3/t16-,17-/m1/s1. The van der Waals surface area contributed by atoms with Crippen molar-refractivity contribution < 1.29 is 13.2 Å². The molecule has 0 radical (unpaired) electrons. The van der Waals surface area contributed by atoms with E-state index in [0.29, 0.717) is 35.3 Å². The van der Waals surface area contributed by atoms with Crippen LogP contribution in [-0.2, 0) is 17.1 Å². The van der Waals surface area contributed by atoms with Gasteiger partial charge in [0.2, 0.25) is 10.0 Å². The lowest BCUT2D eigenvalue weighted by Gasteiger charge is -2.34. The van der Waals surface area contributed by atoms with E-state index in [1.165, 1.54) is 23.5 Å². The summed E-state index contributed by atoms with van der Waals surface area (Å²) in [5, 5.41) is 0. The number of nitrogens with zero attached hydrogens (tertiary/aromatic N) is 3. The summed E-state index contributed by atoms with van der Waals surface area (Å²) in [6.07, 6.45) is 1.04. The molecule has 0 saturated carbocycles. The van der Waals surface area contributed by atoms with Crippen LogP contribution in [0, 0.1) is 18.8 Å². The first-order valence-electron chi connectivity index (χ1n) is 10.4. The van der Waals surface area contributed by atoms with Crippen LogP contribution in [0.15, 0.2) is 52.4 Å². The molecule has 2 heterocycles. The Hall–Kier alpha value is -2.29. The van der Waals surface area contributed by atoms with Crippen molar-refractivity contribution >= 4 is 37.5 Å². The predicted molar refractivity (Wildman–Crippen MR) is 124 cm³/mol. The predicted octanol–water partition coefficient (Wildman–Crippen LogP) is 3.96. The van der Waals surface area contributed by atoms with E-state index in [0.717, 1.165) is 22.2 Å². The van der Waals surface area contributed by atoms with E-state index >= 15 is 0 Å². The van der Waals surface area contributed by atoms with Gasteiger partial charge in [-0.3, -0.25) is 4.79 Å². The maximum atomic E-state index is 13.0. The molecule has 31 heavy (non-hydrogen) atoms. The molecule has 1 fully saturated rings. The van der Waals surface area contributed by atoms with E-state index < -0.39 is 10.0 Å². The molecule has 164 valence electrons. The van der Waals surface area contributed by atoms with Gasteiger partial charge in [0.1, 0.15) is 0 Å². The Labute approximate surface area is 186 Å². The number of hydrogen-bond acceptors (Lipinski definition) is 4. The highest BCUT2D eigenvalue weighted by Crippen LogP contribution is 2.27. The molecule has 1 saturated heterocycles. The molecule has 6 nitrogen and oxygen atoms in total. The Bertz CT molecular complexity index is 1290. The molecular weight excluding hydrogens is 430 g/mol. The molecule has 1 aromatic heterocycles. The van der Waals surface area contributed by atoms with Gasteiger partial charge in [0, 0.05) is 25.7 Å². The average molecular weight is 458 g/mol. The van der Waals surface area contributed by atoms with E-state index in [1.54, 1.807) is 16.4 Å². The summed E-state index contributed by atoms with van der Waals surface area (Å²) < 4.78 is 30.6. The lowest BCUT2D eigenvalue weighted by Crippen LogP contribution is -2.42. The summed E-state index contributed by atoms with van der Waals surface area (Å²) >= 11 is 1.46. The molecule has 0 bridgehead atoms. The normalized spacial score (nSPS) is 21.0. The van der Waals surface area contributed by atoms with E-state index in [2.05, 4.69) is 24.9 Å². The Balaban J connectivity index is 1.60. The summed E-state index contributed by atoms with van der Waals surface area (Å²) in [5.74, 6) is 0.288. The van der Waals surface area contributed by atoms with Crippen LogP contribution in [-0.4, -0.2) is 36.3 Å². The van der Waals surface area contributed by atoms with Crippen molar-refractivity contribution in [1.82, 2.24) is 8.87 Å². The van der Waals surface area contributed by atoms with E-state index in [9.17, 15) is 13.2 Å². The maximum Gasteiger partial charge on any atom is 0.279 e. The van der Waals surface area contributed by atoms with Crippen molar-refractivity contribution in [3.05, 3.63) is 58.4 Å². The number of hydrogen-bond donors (Lipinski definition) is 0. The van der Waals surface area contributed by atoms with Crippen LogP contribution in [0.25, 0.3) is 10.2 Å². The second-order valence-corrected chi connectivity index (χ2v) is 11.6. The summed E-state index contributed by atoms with van der Waals surface area (Å²) in [6, 6.07) is 12.2. The topological polar surface area (TPSA) is 71.7 Å². The van der Waals surface area contributed by atoms with Gasteiger partial charge in [-0.1, -0.05) is 31.3 Å². The second kappa shape index (κ2) is 8.33. The number of benzene rings is 2. The minimum atomic E-state index is -3.57. The van der Waals surface area contributed by atoms with Crippen molar-refractivity contribution in [2.75, 3.05) is 13.1 Å². The first kappa shape index (κ1) is 21.9. The molecule has 1 aliphatic rings. The molecule has 4 rings (SSSR count). The minimum absolute atomic E-state index is 0.216. The molecule has 2 atom stereocenters. The highest BCUT2D eigenvalue weighted by atomic mass is 32.2. The van der Waals surface area contributed by atoms with Crippen LogP contribution in [0.5, 0.6) is 0 Å². The minimum Gasteiger partial charge on any atom is -0.319 e. The number of fused-ring (bicyclic) bond motifs is 1. The van der Waals surface area contributed by atoms with E-state index in [1.807, 2.05) is 30.7 Å². The number of carbonyl (C=O) groups is 1. The molecule has 8 heteroatoms. The average Bonchev–Trinajstić information content (AvgIpc) is 3.01. The highest BCUT2D eigenvalue weighted by molar-refractivity contribution is 7.89. The number of sulfonamides is 1. The van der Waals surface area contributed by atoms with Crippen LogP contribution >= 0.6 is 11.3 Å². The fraction of sp³-hybridized carbons (Fsp3) is 0.391. The molecule has 0 spiro atoms. The van der Waals surface area contributed by atoms with Crippen LogP contribution < -0.4 is 4.80 Å². The van der Waals surface area contributed by atoms with Crippen LogP contribution in [0.3, 0.4) is 0 Å². The van der Waals surface area contributed by atoms with E-state index in [-0.39, 0.29) is 10.8 Å². The zero-order chi connectivity index (χ0) is 22.3. The third-order valence-corrected chi connectivity index (χ3v) is 8.68. The van der Waals surface area contributed by atoms with Gasteiger partial charge in [-0.05, 0) is 67.1 Å². The summed E-state index contributed by atoms with van der Waals surface area (Å²) in [6.45, 7) is 7.25. The zero-order valence-corrected chi connectivity index (χ0v) is 19.8. The second-order valence-electron chi connectivity index (χ2n) is 8.62. The Morgan fingerprint density at radius 1 is 1.06 bits per heavy atom. The Morgan fingerprint density at radius 2 is 1.71 bits per heavy atom. The van der Waals surface area contributed by atoms with Crippen LogP contribution in [0.1, 0.15) is 36.2 Å². The molecule has 1 amide bonds. The molecule has 3 aromatic rings. The number of thiazole rings is 1. The SMILES string of the molecule is Cc1ccc2c(c1)sc(=NC(=O)c1ccc(S(=O)(=O)N3C[C@H](C)C[C@@H](C)C3)cc1)n2C. The number of amides is 1. The first-order valence-corrected chi connectivity index (χ1v) is 12.7. The van der Waals surface area contributed by atoms with Gasteiger partial charge >= 0.3 is 0 Å². The van der Waals surface area contributed by atoms with Crippen molar-refractivity contribution in [3.8, 4) is 0 Å². The molecule has 2 aromatic carbocycles. The van der Waals surface area contributed by atoms with Gasteiger partial charge in [0.15, 0.2) is 4.80 Å². The van der Waals surface area contributed by atoms with Crippen molar-refractivity contribution in [2.45, 2.75) is 32.1 Å². The third kappa shape index (κ3) is 4.37. The number of piperidine rings is 1. The Morgan fingerprint density at radius 3 is 2.35 bits per heavy atom. The maximum absolute atomic E-state index is 13.0. The molecular formula is C23H27N3O3S2. The Kier molecular flexibility index (Phi) is 5.89.